The Labute approximate surface area is 199 Å². The molecule has 5 nitrogen and oxygen atoms in total. The molecule has 0 unspecified atom stereocenters. The first-order valence-electron chi connectivity index (χ1n) is 11.4. The molecule has 1 aliphatic rings. The van der Waals surface area contributed by atoms with E-state index in [0.717, 1.165) is 33.2 Å². The van der Waals surface area contributed by atoms with E-state index in [1.807, 2.05) is 60.9 Å². The highest BCUT2D eigenvalue weighted by atomic mass is 16.5. The summed E-state index contributed by atoms with van der Waals surface area (Å²) in [5.74, 6) is 0.444. The number of pyridine rings is 1. The summed E-state index contributed by atoms with van der Waals surface area (Å²) < 4.78 is 12.2. The van der Waals surface area contributed by atoms with Crippen molar-refractivity contribution in [2.45, 2.75) is 45.5 Å². The molecule has 1 aromatic heterocycles. The molecular formula is C29H28N2O3. The van der Waals surface area contributed by atoms with Gasteiger partial charge in [-0.05, 0) is 74.5 Å². The van der Waals surface area contributed by atoms with Crippen molar-refractivity contribution in [2.24, 2.45) is 0 Å². The summed E-state index contributed by atoms with van der Waals surface area (Å²) in [5.41, 5.74) is 3.75. The number of nitrogens with zero attached hydrogens (tertiary/aromatic N) is 1. The zero-order valence-corrected chi connectivity index (χ0v) is 19.9. The Kier molecular flexibility index (Phi) is 5.37. The first kappa shape index (κ1) is 22.1. The van der Waals surface area contributed by atoms with Crippen LogP contribution in [0.2, 0.25) is 0 Å². The van der Waals surface area contributed by atoms with Crippen LogP contribution in [-0.4, -0.2) is 10.9 Å². The minimum atomic E-state index is -0.413. The second-order valence-corrected chi connectivity index (χ2v) is 9.67. The Balaban J connectivity index is 1.32. The molecule has 1 amide bonds. The number of rotatable bonds is 5. The minimum Gasteiger partial charge on any atom is -0.489 e. The molecule has 0 fully saturated rings. The van der Waals surface area contributed by atoms with Crippen LogP contribution in [0.5, 0.6) is 5.75 Å². The van der Waals surface area contributed by atoms with Gasteiger partial charge in [-0.2, -0.15) is 0 Å². The highest BCUT2D eigenvalue weighted by molar-refractivity contribution is 6.04. The second kappa shape index (κ2) is 8.26. The predicted molar refractivity (Wildman–Crippen MR) is 134 cm³/mol. The summed E-state index contributed by atoms with van der Waals surface area (Å²) >= 11 is 0. The fourth-order valence-electron chi connectivity index (χ4n) is 4.78. The van der Waals surface area contributed by atoms with Crippen LogP contribution >= 0.6 is 0 Å². The Morgan fingerprint density at radius 1 is 0.912 bits per heavy atom. The van der Waals surface area contributed by atoms with Gasteiger partial charge in [0.1, 0.15) is 12.4 Å². The van der Waals surface area contributed by atoms with Crippen LogP contribution in [0, 0.1) is 0 Å². The monoisotopic (exact) mass is 452 g/mol. The quantitative estimate of drug-likeness (QED) is 0.372. The number of carbonyl (C=O) groups is 1. The molecule has 1 aliphatic heterocycles. The van der Waals surface area contributed by atoms with Gasteiger partial charge >= 0.3 is 0 Å². The van der Waals surface area contributed by atoms with Crippen molar-refractivity contribution in [3.05, 3.63) is 101 Å². The maximum Gasteiger partial charge on any atom is 0.255 e. The summed E-state index contributed by atoms with van der Waals surface area (Å²) in [4.78, 5) is 17.3. The van der Waals surface area contributed by atoms with E-state index in [1.165, 1.54) is 0 Å². The molecule has 5 heteroatoms. The molecule has 0 saturated heterocycles. The number of amides is 1. The molecule has 0 saturated carbocycles. The van der Waals surface area contributed by atoms with Gasteiger partial charge < -0.3 is 14.8 Å². The number of nitrogens with one attached hydrogen (secondary N) is 1. The Morgan fingerprint density at radius 3 is 2.56 bits per heavy atom. The fraction of sp³-hybridized carbons (Fsp3) is 0.241. The molecule has 2 heterocycles. The van der Waals surface area contributed by atoms with E-state index < -0.39 is 5.60 Å². The number of ether oxygens (including phenoxy) is 2. The molecule has 5 rings (SSSR count). The van der Waals surface area contributed by atoms with Crippen molar-refractivity contribution in [1.82, 2.24) is 4.98 Å². The number of fused-ring (bicyclic) bond motifs is 2. The first-order valence-corrected chi connectivity index (χ1v) is 11.4. The van der Waals surface area contributed by atoms with E-state index in [1.54, 1.807) is 12.1 Å². The first-order chi connectivity index (χ1) is 16.2. The van der Waals surface area contributed by atoms with Crippen LogP contribution in [0.25, 0.3) is 10.8 Å². The third kappa shape index (κ3) is 4.15. The lowest BCUT2D eigenvalue weighted by atomic mass is 9.90. The number of anilines is 1. The Bertz CT molecular complexity index is 1390. The van der Waals surface area contributed by atoms with Crippen molar-refractivity contribution < 1.29 is 14.3 Å². The molecule has 4 aromatic rings. The van der Waals surface area contributed by atoms with E-state index in [2.05, 4.69) is 44.1 Å². The van der Waals surface area contributed by atoms with Gasteiger partial charge in [0.15, 0.2) is 0 Å². The van der Waals surface area contributed by atoms with Crippen molar-refractivity contribution >= 4 is 22.4 Å². The van der Waals surface area contributed by atoms with E-state index >= 15 is 0 Å². The van der Waals surface area contributed by atoms with Gasteiger partial charge in [0.05, 0.1) is 11.2 Å². The summed E-state index contributed by atoms with van der Waals surface area (Å²) in [7, 11) is 0. The minimum absolute atomic E-state index is 0.187. The van der Waals surface area contributed by atoms with Gasteiger partial charge in [0, 0.05) is 34.6 Å². The highest BCUT2D eigenvalue weighted by Gasteiger charge is 2.42. The van der Waals surface area contributed by atoms with Crippen LogP contribution in [-0.2, 0) is 22.5 Å². The number of benzene rings is 3. The molecule has 1 N–H and O–H groups in total. The van der Waals surface area contributed by atoms with Gasteiger partial charge in [-0.25, -0.2) is 0 Å². The number of carbonyl (C=O) groups excluding carboxylic acids is 1. The lowest BCUT2D eigenvalue weighted by molar-refractivity contribution is -0.105. The number of hydrogen-bond acceptors (Lipinski definition) is 4. The maximum absolute atomic E-state index is 13.0. The van der Waals surface area contributed by atoms with Crippen LogP contribution in [0.4, 0.5) is 5.69 Å². The number of hydrogen-bond donors (Lipinski definition) is 1. The van der Waals surface area contributed by atoms with Crippen LogP contribution in [0.15, 0.2) is 79.1 Å². The highest BCUT2D eigenvalue weighted by Crippen LogP contribution is 2.47. The molecule has 3 aromatic carbocycles. The largest absolute Gasteiger partial charge is 0.489 e. The third-order valence-electron chi connectivity index (χ3n) is 6.33. The normalized spacial score (nSPS) is 15.6. The van der Waals surface area contributed by atoms with Crippen molar-refractivity contribution in [3.63, 3.8) is 0 Å². The average Bonchev–Trinajstić information content (AvgIpc) is 3.01. The van der Waals surface area contributed by atoms with Crippen LogP contribution < -0.4 is 10.1 Å². The zero-order valence-electron chi connectivity index (χ0n) is 19.9. The zero-order chi connectivity index (χ0) is 23.9. The Morgan fingerprint density at radius 2 is 1.71 bits per heavy atom. The van der Waals surface area contributed by atoms with E-state index in [9.17, 15) is 4.79 Å². The third-order valence-corrected chi connectivity index (χ3v) is 6.33. The summed E-state index contributed by atoms with van der Waals surface area (Å²) in [6, 6.07) is 21.3. The molecule has 172 valence electrons. The molecule has 34 heavy (non-hydrogen) atoms. The van der Waals surface area contributed by atoms with E-state index in [4.69, 9.17) is 9.47 Å². The van der Waals surface area contributed by atoms with Crippen LogP contribution in [0.1, 0.15) is 54.7 Å². The SMILES string of the molecule is CC1(C)OC(C)(C)c2cc(NC(=O)c3cccc(OCc4cncc5ccccc45)c3)ccc21. The van der Waals surface area contributed by atoms with Crippen molar-refractivity contribution in [2.75, 3.05) is 5.32 Å². The van der Waals surface area contributed by atoms with E-state index in [-0.39, 0.29) is 11.5 Å². The molecule has 0 atom stereocenters. The fourth-order valence-corrected chi connectivity index (χ4v) is 4.78. The molecule has 0 bridgehead atoms. The van der Waals surface area contributed by atoms with Crippen molar-refractivity contribution in [1.29, 1.82) is 0 Å². The topological polar surface area (TPSA) is 60.5 Å². The summed E-state index contributed by atoms with van der Waals surface area (Å²) in [6.07, 6.45) is 3.66. The summed E-state index contributed by atoms with van der Waals surface area (Å²) in [6.45, 7) is 8.61. The lowest BCUT2D eigenvalue weighted by Crippen LogP contribution is -2.22. The predicted octanol–water partition coefficient (Wildman–Crippen LogP) is 6.57. The van der Waals surface area contributed by atoms with Gasteiger partial charge in [0.2, 0.25) is 0 Å². The van der Waals surface area contributed by atoms with E-state index in [0.29, 0.717) is 17.9 Å². The molecular weight excluding hydrogens is 424 g/mol. The lowest BCUT2D eigenvalue weighted by Gasteiger charge is -2.24. The smallest absolute Gasteiger partial charge is 0.255 e. The Hall–Kier alpha value is -3.70. The van der Waals surface area contributed by atoms with Gasteiger partial charge in [-0.3, -0.25) is 9.78 Å². The molecule has 0 radical (unpaired) electrons. The standard InChI is InChI=1S/C29H28N2O3/c1-28(2)25-13-12-22(15-26(25)29(3,4)34-28)31-27(32)19-9-7-10-23(14-19)33-18-21-17-30-16-20-8-5-6-11-24(20)21/h5-17H,18H2,1-4H3,(H,31,32). The molecule has 0 aliphatic carbocycles. The van der Waals surface area contributed by atoms with Crippen molar-refractivity contribution in [3.8, 4) is 5.75 Å². The van der Waals surface area contributed by atoms with Gasteiger partial charge in [0.25, 0.3) is 5.91 Å². The average molecular weight is 453 g/mol. The summed E-state index contributed by atoms with van der Waals surface area (Å²) in [5, 5.41) is 5.20. The van der Waals surface area contributed by atoms with Gasteiger partial charge in [-0.15, -0.1) is 0 Å². The number of aromatic nitrogens is 1. The second-order valence-electron chi connectivity index (χ2n) is 9.67. The maximum atomic E-state index is 13.0. The molecule has 0 spiro atoms. The van der Waals surface area contributed by atoms with Crippen LogP contribution in [0.3, 0.4) is 0 Å². The van der Waals surface area contributed by atoms with Gasteiger partial charge in [-0.1, -0.05) is 36.4 Å².